The minimum absolute atomic E-state index is 0.0675. The van der Waals surface area contributed by atoms with Crippen LogP contribution in [0.3, 0.4) is 0 Å². The van der Waals surface area contributed by atoms with Crippen molar-refractivity contribution >= 4 is 16.2 Å². The summed E-state index contributed by atoms with van der Waals surface area (Å²) in [7, 11) is 2.82. The average molecular weight is 230 g/mol. The summed E-state index contributed by atoms with van der Waals surface area (Å²) < 4.78 is 4.59. The number of ether oxygens (including phenoxy) is 1. The molecule has 0 fully saturated rings. The van der Waals surface area contributed by atoms with E-state index in [1.807, 2.05) is 0 Å². The lowest BCUT2D eigenvalue weighted by Gasteiger charge is -2.01. The van der Waals surface area contributed by atoms with Gasteiger partial charge < -0.3 is 4.74 Å². The van der Waals surface area contributed by atoms with Gasteiger partial charge in [0.05, 0.1) is 7.11 Å². The molecule has 0 saturated carbocycles. The van der Waals surface area contributed by atoms with Gasteiger partial charge in [-0.3, -0.25) is 4.79 Å². The van der Waals surface area contributed by atoms with E-state index >= 15 is 0 Å². The van der Waals surface area contributed by atoms with Crippen molar-refractivity contribution in [2.75, 3.05) is 7.11 Å². The SMILES string of the molecule is COC(=O)CCCCCCCCCC[SiH3]. The fourth-order valence-electron chi connectivity index (χ4n) is 1.68. The summed E-state index contributed by atoms with van der Waals surface area (Å²) in [6.07, 6.45) is 11.0. The maximum absolute atomic E-state index is 10.8. The van der Waals surface area contributed by atoms with Gasteiger partial charge in [-0.15, -0.1) is 0 Å². The van der Waals surface area contributed by atoms with Crippen molar-refractivity contribution in [2.24, 2.45) is 0 Å². The Morgan fingerprint density at radius 3 is 1.87 bits per heavy atom. The monoisotopic (exact) mass is 230 g/mol. The van der Waals surface area contributed by atoms with E-state index < -0.39 is 0 Å². The molecule has 0 N–H and O–H groups in total. The predicted molar refractivity (Wildman–Crippen MR) is 68.3 cm³/mol. The van der Waals surface area contributed by atoms with E-state index in [2.05, 4.69) is 4.74 Å². The van der Waals surface area contributed by atoms with E-state index in [-0.39, 0.29) is 5.97 Å². The number of unbranched alkanes of at least 4 members (excludes halogenated alkanes) is 7. The average Bonchev–Trinajstić information content (AvgIpc) is 2.26. The molecular weight excluding hydrogens is 204 g/mol. The fraction of sp³-hybridized carbons (Fsp3) is 0.917. The maximum atomic E-state index is 10.8. The molecule has 90 valence electrons. The Bertz CT molecular complexity index is 149. The highest BCUT2D eigenvalue weighted by Crippen LogP contribution is 2.10. The van der Waals surface area contributed by atoms with Gasteiger partial charge in [-0.05, 0) is 6.42 Å². The summed E-state index contributed by atoms with van der Waals surface area (Å²) in [5.41, 5.74) is 0. The summed E-state index contributed by atoms with van der Waals surface area (Å²) in [5.74, 6) is -0.0675. The van der Waals surface area contributed by atoms with Crippen LogP contribution < -0.4 is 0 Å². The number of carbonyl (C=O) groups is 1. The molecule has 0 aromatic rings. The molecule has 0 aliphatic rings. The van der Waals surface area contributed by atoms with Crippen LogP contribution in [-0.4, -0.2) is 23.3 Å². The lowest BCUT2D eigenvalue weighted by atomic mass is 10.1. The Morgan fingerprint density at radius 1 is 0.933 bits per heavy atom. The van der Waals surface area contributed by atoms with E-state index in [0.29, 0.717) is 6.42 Å². The molecule has 0 rings (SSSR count). The van der Waals surface area contributed by atoms with E-state index in [4.69, 9.17) is 0 Å². The number of carbonyl (C=O) groups excluding carboxylic acids is 1. The van der Waals surface area contributed by atoms with Crippen LogP contribution in [-0.2, 0) is 9.53 Å². The standard InChI is InChI=1S/C12H26O2Si/c1-14-12(13)10-8-6-4-2-3-5-7-9-11-15/h2-11H2,1,15H3. The van der Waals surface area contributed by atoms with Crippen LogP contribution in [0.2, 0.25) is 6.04 Å². The zero-order chi connectivity index (χ0) is 11.4. The Kier molecular flexibility index (Phi) is 11.5. The number of rotatable bonds is 10. The molecule has 0 spiro atoms. The summed E-state index contributed by atoms with van der Waals surface area (Å²) in [6, 6.07) is 1.46. The Hall–Kier alpha value is -0.313. The normalized spacial score (nSPS) is 10.5. The second kappa shape index (κ2) is 11.8. The first-order chi connectivity index (χ1) is 7.31. The molecule has 0 amide bonds. The third-order valence-corrected chi connectivity index (χ3v) is 3.42. The van der Waals surface area contributed by atoms with Crippen LogP contribution in [0.1, 0.15) is 57.8 Å². The van der Waals surface area contributed by atoms with E-state index in [0.717, 1.165) is 6.42 Å². The minimum Gasteiger partial charge on any atom is -0.469 e. The Balaban J connectivity index is 2.95. The lowest BCUT2D eigenvalue weighted by Crippen LogP contribution is -1.99. The van der Waals surface area contributed by atoms with Crippen molar-refractivity contribution in [1.29, 1.82) is 0 Å². The zero-order valence-electron chi connectivity index (χ0n) is 10.4. The second-order valence-electron chi connectivity index (χ2n) is 4.15. The van der Waals surface area contributed by atoms with Crippen molar-refractivity contribution in [2.45, 2.75) is 63.8 Å². The molecular formula is C12H26O2Si. The molecule has 0 saturated heterocycles. The number of esters is 1. The number of methoxy groups -OCH3 is 1. The molecule has 0 aliphatic carbocycles. The third-order valence-electron chi connectivity index (χ3n) is 2.71. The van der Waals surface area contributed by atoms with Crippen LogP contribution in [0, 0.1) is 0 Å². The minimum atomic E-state index is -0.0675. The first kappa shape index (κ1) is 14.7. The van der Waals surface area contributed by atoms with Gasteiger partial charge in [-0.2, -0.15) is 0 Å². The molecule has 0 aromatic heterocycles. The van der Waals surface area contributed by atoms with Crippen LogP contribution >= 0.6 is 0 Å². The van der Waals surface area contributed by atoms with Gasteiger partial charge in [0.25, 0.3) is 0 Å². The highest BCUT2D eigenvalue weighted by atomic mass is 28.1. The van der Waals surface area contributed by atoms with Crippen molar-refractivity contribution in [1.82, 2.24) is 0 Å². The number of hydrogen-bond donors (Lipinski definition) is 0. The van der Waals surface area contributed by atoms with Crippen molar-refractivity contribution in [3.8, 4) is 0 Å². The van der Waals surface area contributed by atoms with E-state index in [9.17, 15) is 4.79 Å². The van der Waals surface area contributed by atoms with Gasteiger partial charge >= 0.3 is 5.97 Å². The van der Waals surface area contributed by atoms with Crippen LogP contribution in [0.5, 0.6) is 0 Å². The molecule has 2 nitrogen and oxygen atoms in total. The highest BCUT2D eigenvalue weighted by molar-refractivity contribution is 6.08. The molecule has 15 heavy (non-hydrogen) atoms. The first-order valence-corrected chi connectivity index (χ1v) is 7.79. The van der Waals surface area contributed by atoms with E-state index in [1.54, 1.807) is 0 Å². The molecule has 0 radical (unpaired) electrons. The Morgan fingerprint density at radius 2 is 1.40 bits per heavy atom. The quantitative estimate of drug-likeness (QED) is 0.327. The predicted octanol–water partition coefficient (Wildman–Crippen LogP) is 2.45. The highest BCUT2D eigenvalue weighted by Gasteiger charge is 1.98. The van der Waals surface area contributed by atoms with Gasteiger partial charge in [0.2, 0.25) is 0 Å². The lowest BCUT2D eigenvalue weighted by molar-refractivity contribution is -0.140. The second-order valence-corrected chi connectivity index (χ2v) is 5.15. The molecule has 0 unspecified atom stereocenters. The first-order valence-electron chi connectivity index (χ1n) is 6.38. The van der Waals surface area contributed by atoms with E-state index in [1.165, 1.54) is 68.3 Å². The summed E-state index contributed by atoms with van der Waals surface area (Å²) in [5, 5.41) is 0. The van der Waals surface area contributed by atoms with Crippen LogP contribution in [0.25, 0.3) is 0 Å². The molecule has 0 atom stereocenters. The van der Waals surface area contributed by atoms with Gasteiger partial charge in [0.1, 0.15) is 0 Å². The summed E-state index contributed by atoms with van der Waals surface area (Å²) in [6.45, 7) is 0. The smallest absolute Gasteiger partial charge is 0.305 e. The molecule has 0 heterocycles. The topological polar surface area (TPSA) is 26.3 Å². The van der Waals surface area contributed by atoms with Crippen LogP contribution in [0.4, 0.5) is 0 Å². The van der Waals surface area contributed by atoms with Gasteiger partial charge in [0, 0.05) is 16.7 Å². The fourth-order valence-corrected chi connectivity index (χ4v) is 2.18. The van der Waals surface area contributed by atoms with Crippen molar-refractivity contribution < 1.29 is 9.53 Å². The zero-order valence-corrected chi connectivity index (χ0v) is 12.4. The summed E-state index contributed by atoms with van der Waals surface area (Å²) in [4.78, 5) is 10.8. The third kappa shape index (κ3) is 11.6. The molecule has 0 aliphatic heterocycles. The van der Waals surface area contributed by atoms with Crippen LogP contribution in [0.15, 0.2) is 0 Å². The van der Waals surface area contributed by atoms with Gasteiger partial charge in [0.15, 0.2) is 0 Å². The molecule has 3 heteroatoms. The summed E-state index contributed by atoms with van der Waals surface area (Å²) >= 11 is 0. The van der Waals surface area contributed by atoms with Crippen molar-refractivity contribution in [3.05, 3.63) is 0 Å². The molecule has 0 aromatic carbocycles. The van der Waals surface area contributed by atoms with Gasteiger partial charge in [-0.25, -0.2) is 0 Å². The largest absolute Gasteiger partial charge is 0.469 e. The van der Waals surface area contributed by atoms with Crippen molar-refractivity contribution in [3.63, 3.8) is 0 Å². The number of hydrogen-bond acceptors (Lipinski definition) is 2. The Labute approximate surface area is 97.2 Å². The van der Waals surface area contributed by atoms with Gasteiger partial charge in [-0.1, -0.05) is 51.0 Å². The molecule has 0 bridgehead atoms. The maximum Gasteiger partial charge on any atom is 0.305 e.